The summed E-state index contributed by atoms with van der Waals surface area (Å²) in [4.78, 5) is 57.5. The molecule has 0 radical (unpaired) electrons. The Labute approximate surface area is 316 Å². The number of alkyl halides is 1. The van der Waals surface area contributed by atoms with Crippen molar-refractivity contribution >= 4 is 47.1 Å². The molecule has 2 aliphatic heterocycles. The minimum absolute atomic E-state index is 0.0121. The molecule has 7 rings (SSSR count). The molecule has 0 saturated carbocycles. The molecule has 0 aliphatic carbocycles. The van der Waals surface area contributed by atoms with Crippen molar-refractivity contribution in [1.82, 2.24) is 10.2 Å². The van der Waals surface area contributed by atoms with Gasteiger partial charge in [-0.25, -0.2) is 4.79 Å². The molecule has 1 fully saturated rings. The van der Waals surface area contributed by atoms with E-state index >= 15 is 0 Å². The molecule has 2 aliphatic rings. The number of nitrogens with one attached hydrogen (secondary N) is 1. The Morgan fingerprint density at radius 3 is 1.51 bits per heavy atom. The smallest absolute Gasteiger partial charge is 0.356 e. The van der Waals surface area contributed by atoms with E-state index in [1.807, 2.05) is 121 Å². The van der Waals surface area contributed by atoms with Crippen LogP contribution in [0.1, 0.15) is 45.9 Å². The maximum Gasteiger partial charge on any atom is 0.356 e. The predicted octanol–water partition coefficient (Wildman–Crippen LogP) is 7.33. The SMILES string of the molecule is O=C(OC(c1ccccc1)c1ccccc1)C1=C(CCl)CS[C@@H]2[C@H](NC(=O)C(C(=O)OC(c3ccccc3)c3ccccc3)c3ccccc3)C(=O)N12. The highest BCUT2D eigenvalue weighted by Gasteiger charge is 2.55. The highest BCUT2D eigenvalue weighted by atomic mass is 35.5. The number of benzene rings is 5. The van der Waals surface area contributed by atoms with E-state index in [1.54, 1.807) is 30.3 Å². The summed E-state index contributed by atoms with van der Waals surface area (Å²) in [7, 11) is 0. The van der Waals surface area contributed by atoms with Crippen molar-refractivity contribution in [3.63, 3.8) is 0 Å². The van der Waals surface area contributed by atoms with Gasteiger partial charge >= 0.3 is 11.9 Å². The molecular formula is C43H35ClN2O6S. The molecule has 53 heavy (non-hydrogen) atoms. The topological polar surface area (TPSA) is 102 Å². The van der Waals surface area contributed by atoms with Crippen molar-refractivity contribution in [3.8, 4) is 0 Å². The first kappa shape index (κ1) is 35.7. The standard InChI is InChI=1S/C43H35ClN2O6S/c44-26-33-27-53-41-35(40(48)46(41)36(33)43(50)52-38(31-22-12-4-13-23-31)32-24-14-5-15-25-32)45-39(47)34(28-16-6-1-7-17-28)42(49)51-37(29-18-8-2-9-19-29)30-20-10-3-11-21-30/h1-25,34-35,37-38,41H,26-27H2,(H,45,47)/t34?,35-,41-/m1/s1. The molecule has 1 unspecified atom stereocenters. The Hall–Kier alpha value is -5.64. The van der Waals surface area contributed by atoms with E-state index in [-0.39, 0.29) is 11.6 Å². The number of carbonyl (C=O) groups is 4. The molecule has 1 N–H and O–H groups in total. The molecular weight excluding hydrogens is 708 g/mol. The molecule has 0 spiro atoms. The van der Waals surface area contributed by atoms with E-state index in [1.165, 1.54) is 16.7 Å². The number of β-lactam (4-membered cyclic amide) rings is 1. The second-order valence-corrected chi connectivity index (χ2v) is 13.9. The zero-order valence-electron chi connectivity index (χ0n) is 28.4. The van der Waals surface area contributed by atoms with Crippen molar-refractivity contribution in [2.45, 2.75) is 29.5 Å². The fourth-order valence-corrected chi connectivity index (χ4v) is 8.25. The van der Waals surface area contributed by atoms with Gasteiger partial charge in [0.1, 0.15) is 17.1 Å². The van der Waals surface area contributed by atoms with E-state index in [0.29, 0.717) is 16.9 Å². The van der Waals surface area contributed by atoms with Crippen molar-refractivity contribution < 1.29 is 28.7 Å². The van der Waals surface area contributed by atoms with Crippen LogP contribution in [-0.2, 0) is 28.7 Å². The van der Waals surface area contributed by atoms with Gasteiger partial charge in [-0.05, 0) is 33.4 Å². The number of thioether (sulfide) groups is 1. The third-order valence-corrected chi connectivity index (χ3v) is 10.9. The summed E-state index contributed by atoms with van der Waals surface area (Å²) in [6.07, 6.45) is -1.51. The second kappa shape index (κ2) is 16.4. The summed E-state index contributed by atoms with van der Waals surface area (Å²) >= 11 is 7.71. The van der Waals surface area contributed by atoms with Crippen LogP contribution in [0.25, 0.3) is 0 Å². The van der Waals surface area contributed by atoms with Crippen molar-refractivity contribution in [2.75, 3.05) is 11.6 Å². The van der Waals surface area contributed by atoms with Crippen LogP contribution < -0.4 is 5.32 Å². The van der Waals surface area contributed by atoms with Gasteiger partial charge < -0.3 is 14.8 Å². The Morgan fingerprint density at radius 1 is 0.660 bits per heavy atom. The van der Waals surface area contributed by atoms with Gasteiger partial charge in [0, 0.05) is 11.6 Å². The molecule has 266 valence electrons. The Kier molecular flexibility index (Phi) is 11.0. The number of fused-ring (bicyclic) bond motifs is 1. The molecule has 2 amide bonds. The average molecular weight is 743 g/mol. The quantitative estimate of drug-likeness (QED) is 0.0619. The monoisotopic (exact) mass is 742 g/mol. The number of amides is 2. The van der Waals surface area contributed by atoms with Gasteiger partial charge in [0.05, 0.1) is 0 Å². The van der Waals surface area contributed by atoms with E-state index in [0.717, 1.165) is 22.3 Å². The minimum atomic E-state index is -1.38. The van der Waals surface area contributed by atoms with Crippen molar-refractivity contribution in [1.29, 1.82) is 0 Å². The van der Waals surface area contributed by atoms with Crippen LogP contribution in [0.3, 0.4) is 0 Å². The lowest BCUT2D eigenvalue weighted by atomic mass is 9.95. The number of hydrogen-bond donors (Lipinski definition) is 1. The lowest BCUT2D eigenvalue weighted by Gasteiger charge is -2.50. The maximum absolute atomic E-state index is 14.1. The lowest BCUT2D eigenvalue weighted by molar-refractivity contribution is -0.156. The molecule has 1 saturated heterocycles. The zero-order valence-corrected chi connectivity index (χ0v) is 30.0. The maximum atomic E-state index is 14.1. The Bertz CT molecular complexity index is 2020. The summed E-state index contributed by atoms with van der Waals surface area (Å²) in [6.45, 7) is 0. The van der Waals surface area contributed by atoms with Gasteiger partial charge in [0.15, 0.2) is 18.1 Å². The number of carbonyl (C=O) groups excluding carboxylic acids is 4. The molecule has 2 heterocycles. The van der Waals surface area contributed by atoms with Gasteiger partial charge in [-0.15, -0.1) is 23.4 Å². The third kappa shape index (κ3) is 7.63. The third-order valence-electron chi connectivity index (χ3n) is 9.20. The normalized spacial score (nSPS) is 17.1. The highest BCUT2D eigenvalue weighted by Crippen LogP contribution is 2.42. The summed E-state index contributed by atoms with van der Waals surface area (Å²) in [5.74, 6) is -3.68. The van der Waals surface area contributed by atoms with Crippen LogP contribution in [0.2, 0.25) is 0 Å². The zero-order chi connectivity index (χ0) is 36.7. The van der Waals surface area contributed by atoms with Crippen LogP contribution in [0.5, 0.6) is 0 Å². The first-order valence-electron chi connectivity index (χ1n) is 17.1. The molecule has 5 aromatic rings. The fraction of sp³-hybridized carbons (Fsp3) is 0.163. The Morgan fingerprint density at radius 2 is 1.08 bits per heavy atom. The van der Waals surface area contributed by atoms with Crippen LogP contribution in [0.4, 0.5) is 0 Å². The average Bonchev–Trinajstić information content (AvgIpc) is 3.22. The highest BCUT2D eigenvalue weighted by molar-refractivity contribution is 8.00. The van der Waals surface area contributed by atoms with Gasteiger partial charge in [0.25, 0.3) is 5.91 Å². The van der Waals surface area contributed by atoms with Crippen LogP contribution in [-0.4, -0.2) is 51.7 Å². The number of nitrogens with zero attached hydrogens (tertiary/aromatic N) is 1. The number of rotatable bonds is 12. The van der Waals surface area contributed by atoms with Crippen LogP contribution in [0, 0.1) is 0 Å². The van der Waals surface area contributed by atoms with Crippen LogP contribution >= 0.6 is 23.4 Å². The molecule has 10 heteroatoms. The van der Waals surface area contributed by atoms with E-state index < -0.39 is 53.3 Å². The fourth-order valence-electron chi connectivity index (χ4n) is 6.57. The Balaban J connectivity index is 1.12. The first-order valence-corrected chi connectivity index (χ1v) is 18.7. The van der Waals surface area contributed by atoms with Gasteiger partial charge in [-0.3, -0.25) is 19.3 Å². The molecule has 5 aromatic carbocycles. The van der Waals surface area contributed by atoms with Gasteiger partial charge in [-0.2, -0.15) is 0 Å². The number of hydrogen-bond acceptors (Lipinski definition) is 7. The second-order valence-electron chi connectivity index (χ2n) is 12.6. The summed E-state index contributed by atoms with van der Waals surface area (Å²) in [6, 6.07) is 44.9. The molecule has 0 bridgehead atoms. The summed E-state index contributed by atoms with van der Waals surface area (Å²) in [5, 5.41) is 2.20. The molecule has 3 atom stereocenters. The van der Waals surface area contributed by atoms with Crippen molar-refractivity contribution in [2.24, 2.45) is 0 Å². The van der Waals surface area contributed by atoms with Crippen molar-refractivity contribution in [3.05, 3.63) is 191 Å². The summed E-state index contributed by atoms with van der Waals surface area (Å²) < 4.78 is 12.3. The van der Waals surface area contributed by atoms with Gasteiger partial charge in [-0.1, -0.05) is 152 Å². The van der Waals surface area contributed by atoms with E-state index in [4.69, 9.17) is 21.1 Å². The predicted molar refractivity (Wildman–Crippen MR) is 204 cm³/mol. The lowest BCUT2D eigenvalue weighted by Crippen LogP contribution is -2.71. The largest absolute Gasteiger partial charge is 0.452 e. The van der Waals surface area contributed by atoms with Gasteiger partial charge in [0.2, 0.25) is 5.91 Å². The number of ether oxygens (including phenoxy) is 2. The minimum Gasteiger partial charge on any atom is -0.452 e. The number of esters is 2. The first-order chi connectivity index (χ1) is 25.9. The molecule has 0 aromatic heterocycles. The number of halogens is 1. The van der Waals surface area contributed by atoms with Crippen LogP contribution in [0.15, 0.2) is 163 Å². The summed E-state index contributed by atoms with van der Waals surface area (Å²) in [5.41, 5.74) is 4.05. The van der Waals surface area contributed by atoms with E-state index in [2.05, 4.69) is 5.32 Å². The van der Waals surface area contributed by atoms with E-state index in [9.17, 15) is 19.2 Å². The molecule has 8 nitrogen and oxygen atoms in total.